The third-order valence-electron chi connectivity index (χ3n) is 13.4. The maximum atomic E-state index is 6.42. The van der Waals surface area contributed by atoms with Crippen molar-refractivity contribution in [3.8, 4) is 44.5 Å². The highest BCUT2D eigenvalue weighted by molar-refractivity contribution is 6.12. The number of fused-ring (bicyclic) bond motifs is 18. The van der Waals surface area contributed by atoms with E-state index in [-0.39, 0.29) is 0 Å². The van der Waals surface area contributed by atoms with Gasteiger partial charge in [-0.1, -0.05) is 133 Å². The van der Waals surface area contributed by atoms with Crippen LogP contribution in [0.25, 0.3) is 110 Å². The fourth-order valence-electron chi connectivity index (χ4n) is 10.8. The van der Waals surface area contributed by atoms with Crippen molar-refractivity contribution in [2.45, 2.75) is 5.41 Å². The van der Waals surface area contributed by atoms with E-state index < -0.39 is 5.41 Å². The van der Waals surface area contributed by atoms with Crippen LogP contribution in [0.1, 0.15) is 22.3 Å². The van der Waals surface area contributed by atoms with Crippen LogP contribution in [0.5, 0.6) is 0 Å². The minimum atomic E-state index is -0.486. The number of furan rings is 2. The Morgan fingerprint density at radius 3 is 1.08 bits per heavy atom. The lowest BCUT2D eigenvalue weighted by Crippen LogP contribution is -2.26. The Hall–Kier alpha value is -7.68. The molecule has 10 aromatic carbocycles. The van der Waals surface area contributed by atoms with E-state index in [1.54, 1.807) is 0 Å². The zero-order valence-corrected chi connectivity index (χ0v) is 31.8. The first kappa shape index (κ1) is 31.4. The molecule has 2 aliphatic rings. The summed E-state index contributed by atoms with van der Waals surface area (Å²) in [5.74, 6) is 0. The number of benzene rings is 10. The SMILES string of the molecule is c1ccc2c(c1)-c1ccccc1C21c2cc(-c3ccc4oc5cc6ccccc6cc5c4c3)ccc2-c2ccc(-c3ccc4oc5cc6ccccc6cc5c4c3)cc21. The van der Waals surface area contributed by atoms with Gasteiger partial charge in [0.25, 0.3) is 0 Å². The highest BCUT2D eigenvalue weighted by Crippen LogP contribution is 2.63. The van der Waals surface area contributed by atoms with Gasteiger partial charge in [-0.25, -0.2) is 0 Å². The maximum Gasteiger partial charge on any atom is 0.136 e. The molecule has 0 bridgehead atoms. The van der Waals surface area contributed by atoms with Gasteiger partial charge in [-0.05, 0) is 149 Å². The zero-order valence-electron chi connectivity index (χ0n) is 31.8. The topological polar surface area (TPSA) is 26.3 Å². The van der Waals surface area contributed by atoms with Gasteiger partial charge in [0.2, 0.25) is 0 Å². The molecule has 2 aliphatic carbocycles. The third kappa shape index (κ3) is 4.15. The van der Waals surface area contributed by atoms with Gasteiger partial charge in [-0.2, -0.15) is 0 Å². The summed E-state index contributed by atoms with van der Waals surface area (Å²) in [6, 6.07) is 71.6. The van der Waals surface area contributed by atoms with E-state index in [0.29, 0.717) is 0 Å². The van der Waals surface area contributed by atoms with Gasteiger partial charge < -0.3 is 8.83 Å². The molecule has 2 heterocycles. The second-order valence-electron chi connectivity index (χ2n) is 16.4. The molecule has 12 aromatic rings. The standard InChI is InChI=1S/C57H32O2/c1-3-11-35-31-55-47(25-33(35)9-1)45-27-37(19-23-53(45)58-55)39-17-21-43-44-22-18-40(38-20-24-54-46(28-38)48-26-34-10-2-4-12-36(34)32-56(48)59-54)30-52(44)57(51(43)29-39)49-15-7-5-13-41(49)42-14-6-8-16-50(42)57/h1-32H. The second-order valence-corrected chi connectivity index (χ2v) is 16.4. The summed E-state index contributed by atoms with van der Waals surface area (Å²) in [5, 5.41) is 9.37. The molecule has 0 N–H and O–H groups in total. The Morgan fingerprint density at radius 1 is 0.254 bits per heavy atom. The van der Waals surface area contributed by atoms with Gasteiger partial charge in [-0.3, -0.25) is 0 Å². The quantitative estimate of drug-likeness (QED) is 0.176. The van der Waals surface area contributed by atoms with Crippen LogP contribution in [0.2, 0.25) is 0 Å². The molecule has 0 amide bonds. The molecule has 2 heteroatoms. The Morgan fingerprint density at radius 2 is 0.610 bits per heavy atom. The largest absolute Gasteiger partial charge is 0.456 e. The third-order valence-corrected chi connectivity index (χ3v) is 13.4. The zero-order chi connectivity index (χ0) is 38.4. The summed E-state index contributed by atoms with van der Waals surface area (Å²) in [6.07, 6.45) is 0. The molecular formula is C57H32O2. The molecule has 0 fully saturated rings. The summed E-state index contributed by atoms with van der Waals surface area (Å²) in [5.41, 5.74) is 18.4. The van der Waals surface area contributed by atoms with E-state index in [4.69, 9.17) is 8.83 Å². The predicted molar refractivity (Wildman–Crippen MR) is 243 cm³/mol. The summed E-state index contributed by atoms with van der Waals surface area (Å²) in [4.78, 5) is 0. The molecule has 0 atom stereocenters. The van der Waals surface area contributed by atoms with Crippen LogP contribution in [0, 0.1) is 0 Å². The Bertz CT molecular complexity index is 3550. The molecule has 2 nitrogen and oxygen atoms in total. The summed E-state index contributed by atoms with van der Waals surface area (Å²) >= 11 is 0. The number of rotatable bonds is 2. The van der Waals surface area contributed by atoms with Crippen LogP contribution in [0.15, 0.2) is 203 Å². The van der Waals surface area contributed by atoms with E-state index in [0.717, 1.165) is 43.9 Å². The van der Waals surface area contributed by atoms with Crippen molar-refractivity contribution in [3.63, 3.8) is 0 Å². The van der Waals surface area contributed by atoms with E-state index in [1.165, 1.54) is 88.3 Å². The Balaban J connectivity index is 0.984. The molecule has 0 unspecified atom stereocenters. The lowest BCUT2D eigenvalue weighted by atomic mass is 9.70. The van der Waals surface area contributed by atoms with Crippen LogP contribution in [-0.4, -0.2) is 0 Å². The highest BCUT2D eigenvalue weighted by atomic mass is 16.3. The fourth-order valence-corrected chi connectivity index (χ4v) is 10.8. The molecule has 2 aromatic heterocycles. The summed E-state index contributed by atoms with van der Waals surface area (Å²) < 4.78 is 12.8. The molecule has 59 heavy (non-hydrogen) atoms. The lowest BCUT2D eigenvalue weighted by Gasteiger charge is -2.31. The van der Waals surface area contributed by atoms with Crippen molar-refractivity contribution >= 4 is 65.4 Å². The first-order valence-electron chi connectivity index (χ1n) is 20.4. The molecule has 0 radical (unpaired) electrons. The van der Waals surface area contributed by atoms with Crippen LogP contribution in [0.3, 0.4) is 0 Å². The minimum Gasteiger partial charge on any atom is -0.456 e. The number of hydrogen-bond acceptors (Lipinski definition) is 2. The molecule has 0 aliphatic heterocycles. The Kier molecular flexibility index (Phi) is 5.99. The summed E-state index contributed by atoms with van der Waals surface area (Å²) in [7, 11) is 0. The van der Waals surface area contributed by atoms with Gasteiger partial charge >= 0.3 is 0 Å². The maximum absolute atomic E-state index is 6.42. The average molecular weight is 749 g/mol. The first-order valence-corrected chi connectivity index (χ1v) is 20.4. The number of hydrogen-bond donors (Lipinski definition) is 0. The van der Waals surface area contributed by atoms with Crippen molar-refractivity contribution in [1.82, 2.24) is 0 Å². The summed E-state index contributed by atoms with van der Waals surface area (Å²) in [6.45, 7) is 0. The fraction of sp³-hybridized carbons (Fsp3) is 0.0175. The average Bonchev–Trinajstić information content (AvgIpc) is 4.01. The van der Waals surface area contributed by atoms with Gasteiger partial charge in [0.05, 0.1) is 5.41 Å². The van der Waals surface area contributed by atoms with E-state index in [1.807, 2.05) is 0 Å². The van der Waals surface area contributed by atoms with Gasteiger partial charge in [0, 0.05) is 21.5 Å². The van der Waals surface area contributed by atoms with Crippen molar-refractivity contribution < 1.29 is 8.83 Å². The van der Waals surface area contributed by atoms with Crippen molar-refractivity contribution in [1.29, 1.82) is 0 Å². The van der Waals surface area contributed by atoms with E-state index >= 15 is 0 Å². The second kappa shape index (κ2) is 11.2. The van der Waals surface area contributed by atoms with Gasteiger partial charge in [0.15, 0.2) is 0 Å². The molecular weight excluding hydrogens is 717 g/mol. The molecule has 14 rings (SSSR count). The normalized spacial score (nSPS) is 13.6. The molecule has 0 saturated heterocycles. The van der Waals surface area contributed by atoms with Crippen LogP contribution >= 0.6 is 0 Å². The smallest absolute Gasteiger partial charge is 0.136 e. The van der Waals surface area contributed by atoms with Crippen molar-refractivity contribution in [2.75, 3.05) is 0 Å². The van der Waals surface area contributed by atoms with Crippen LogP contribution < -0.4 is 0 Å². The van der Waals surface area contributed by atoms with E-state index in [2.05, 4.69) is 194 Å². The monoisotopic (exact) mass is 748 g/mol. The van der Waals surface area contributed by atoms with Gasteiger partial charge in [-0.15, -0.1) is 0 Å². The molecule has 272 valence electrons. The minimum absolute atomic E-state index is 0.486. The van der Waals surface area contributed by atoms with E-state index in [9.17, 15) is 0 Å². The van der Waals surface area contributed by atoms with Gasteiger partial charge in [0.1, 0.15) is 22.3 Å². The molecule has 0 saturated carbocycles. The van der Waals surface area contributed by atoms with Crippen LogP contribution in [0.4, 0.5) is 0 Å². The van der Waals surface area contributed by atoms with Crippen molar-refractivity contribution in [3.05, 3.63) is 216 Å². The first-order chi connectivity index (χ1) is 29.2. The highest BCUT2D eigenvalue weighted by Gasteiger charge is 2.51. The predicted octanol–water partition coefficient (Wildman–Crippen LogP) is 15.5. The molecule has 1 spiro atoms. The lowest BCUT2D eigenvalue weighted by molar-refractivity contribution is 0.669. The van der Waals surface area contributed by atoms with Crippen molar-refractivity contribution in [2.24, 2.45) is 0 Å². The van der Waals surface area contributed by atoms with Crippen LogP contribution in [-0.2, 0) is 5.41 Å². The Labute approximate surface area is 339 Å².